The number of piperidine rings is 3. The fourth-order valence-corrected chi connectivity index (χ4v) is 8.84. The van der Waals surface area contributed by atoms with E-state index in [1.165, 1.54) is 41.5 Å². The topological polar surface area (TPSA) is 222 Å². The maximum Gasteiger partial charge on any atom is 0.323 e. The Balaban J connectivity index is 0.000000304. The number of esters is 3. The Hall–Kier alpha value is -5.37. The van der Waals surface area contributed by atoms with Gasteiger partial charge in [-0.05, 0) is 144 Å². The van der Waals surface area contributed by atoms with Gasteiger partial charge in [-0.25, -0.2) is 0 Å². The van der Waals surface area contributed by atoms with Crippen molar-refractivity contribution < 1.29 is 139 Å². The van der Waals surface area contributed by atoms with Crippen molar-refractivity contribution in [1.29, 1.82) is 0 Å². The zero-order valence-corrected chi connectivity index (χ0v) is 50.8. The molecule has 0 saturated carbocycles. The lowest BCUT2D eigenvalue weighted by Crippen LogP contribution is -2.51. The summed E-state index contributed by atoms with van der Waals surface area (Å²) in [5.41, 5.74) is 11.5. The zero-order chi connectivity index (χ0) is 119. The quantitative estimate of drug-likeness (QED) is 0.0666. The van der Waals surface area contributed by atoms with Crippen LogP contribution in [0.3, 0.4) is 0 Å². The highest BCUT2D eigenvalue weighted by molar-refractivity contribution is 5.77. The first kappa shape index (κ1) is 26.1. The smallest absolute Gasteiger partial charge is 0.323 e. The van der Waals surface area contributed by atoms with Gasteiger partial charge in [-0.2, -0.15) is 0 Å². The zero-order valence-electron chi connectivity index (χ0n) is 111. The average molecular weight is 1320 g/mol. The van der Waals surface area contributed by atoms with E-state index in [4.69, 9.17) is 116 Å². The van der Waals surface area contributed by atoms with E-state index < -0.39 is 339 Å². The van der Waals surface area contributed by atoms with Crippen LogP contribution < -0.4 is 45.6 Å². The van der Waals surface area contributed by atoms with Crippen molar-refractivity contribution in [3.63, 3.8) is 0 Å². The first-order valence-corrected chi connectivity index (χ1v) is 27.2. The Labute approximate surface area is 623 Å². The van der Waals surface area contributed by atoms with Crippen molar-refractivity contribution in [3.05, 3.63) is 69.7 Å². The monoisotopic (exact) mass is 1320 g/mol. The molecule has 12 atom stereocenters. The molecule has 3 fully saturated rings. The second-order valence-corrected chi connectivity index (χ2v) is 21.0. The van der Waals surface area contributed by atoms with Crippen LogP contribution >= 0.6 is 0 Å². The Bertz CT molecular complexity index is 5600. The van der Waals surface area contributed by atoms with Crippen LogP contribution in [0.15, 0.2) is 36.4 Å². The molecule has 3 aromatic rings. The van der Waals surface area contributed by atoms with Crippen LogP contribution in [-0.4, -0.2) is 150 Å². The summed E-state index contributed by atoms with van der Waals surface area (Å²) in [7, 11) is 2.04. The van der Waals surface area contributed by atoms with Crippen LogP contribution in [0.5, 0.6) is 34.5 Å². The van der Waals surface area contributed by atoms with Crippen molar-refractivity contribution in [2.45, 2.75) is 195 Å². The summed E-state index contributed by atoms with van der Waals surface area (Å²) in [6.45, 7) is -38.6. The predicted molar refractivity (Wildman–Crippen MR) is 353 cm³/mol. The molecule has 6 N–H and O–H groups in total. The number of rotatable bonds is 21. The van der Waals surface area contributed by atoms with Gasteiger partial charge in [0.1, 0.15) is 36.3 Å². The number of aryl methyl sites for hydroxylation is 2. The minimum atomic E-state index is -4.27. The van der Waals surface area contributed by atoms with E-state index in [1.807, 2.05) is 0 Å². The molecule has 0 bridgehead atoms. The van der Waals surface area contributed by atoms with Gasteiger partial charge in [-0.3, -0.25) is 29.1 Å². The molecule has 6 aliphatic heterocycles. The minimum absolute atomic E-state index is 0.0570. The van der Waals surface area contributed by atoms with Gasteiger partial charge in [-0.15, -0.1) is 0 Å². The van der Waals surface area contributed by atoms with Gasteiger partial charge in [0, 0.05) is 160 Å². The van der Waals surface area contributed by atoms with Crippen LogP contribution in [0.25, 0.3) is 0 Å². The van der Waals surface area contributed by atoms with Crippen LogP contribution in [-0.2, 0) is 47.7 Å². The number of carbonyl (C=O) groups is 3. The third-order valence-electron chi connectivity index (χ3n) is 13.0. The van der Waals surface area contributed by atoms with Gasteiger partial charge in [-0.1, -0.05) is 82.7 Å². The average Bonchev–Trinajstić information content (AvgIpc) is 0.638. The lowest BCUT2D eigenvalue weighted by molar-refractivity contribution is -0.161. The van der Waals surface area contributed by atoms with Gasteiger partial charge in [0.2, 0.25) is 0 Å². The molecular weight excluding hydrogens is 1140 g/mol. The summed E-state index contributed by atoms with van der Waals surface area (Å²) in [5.74, 6) is -36.2. The number of nitrogens with two attached hydrogens (primary N) is 3. The Morgan fingerprint density at radius 2 is 0.889 bits per heavy atom. The van der Waals surface area contributed by atoms with Crippen LogP contribution in [0, 0.1) is 53.1 Å². The molecule has 0 aliphatic carbocycles. The third-order valence-corrected chi connectivity index (χ3v) is 13.0. The Morgan fingerprint density at radius 3 is 1.31 bits per heavy atom. The van der Waals surface area contributed by atoms with Crippen LogP contribution in [0.1, 0.15) is 255 Å². The molecule has 9 rings (SSSR count). The summed E-state index contributed by atoms with van der Waals surface area (Å²) >= 11 is 0. The van der Waals surface area contributed by atoms with Gasteiger partial charge in [0.05, 0.1) is 59.0 Å². The number of nitrogens with zero attached hydrogens (tertiary/aromatic N) is 3. The standard InChI is InChI=1S/3C24H38N2O4/c3*1-14(2)9-17-13-26-8-7-16-10-21(28-5)22(29-6)11-18(16)19(26)12-20(17)30-24(27)23(25)15(3)4/h3*10-11,14-15,17,19-20,23H,7-9,12-13,25H2,1-6H3/t3*17?,19?,20?,23-/m000/s1/i3D3,4D3,5D3,7D2,8D2,12D2,13D2,15D,17D,19D,20D,23D;3D3,4D3,7D2,8D2,12D2,13D2,15D,17D,19D,20D,23D;3D3,4D3,7D2,8D2,10D,11D,12D2,13D2,15D,17D,23D. The lowest BCUT2D eigenvalue weighted by Gasteiger charge is -2.47. The van der Waals surface area contributed by atoms with Crippen LogP contribution in [0.2, 0.25) is 0 Å². The predicted octanol–water partition coefficient (Wildman–Crippen LogP) is 10.7. The second kappa shape index (κ2) is 32.5. The lowest BCUT2D eigenvalue weighted by atomic mass is 9.79. The largest absolute Gasteiger partial charge is 0.493 e. The molecule has 18 nitrogen and oxygen atoms in total. The molecule has 9 unspecified atom stereocenters. The molecular formula is C72H114N6O12. The number of benzene rings is 3. The van der Waals surface area contributed by atoms with E-state index in [-0.39, 0.29) is 26.2 Å². The maximum absolute atomic E-state index is 13.8. The summed E-state index contributed by atoms with van der Waals surface area (Å²) in [4.78, 5) is 40.9. The van der Waals surface area contributed by atoms with Gasteiger partial charge < -0.3 is 59.8 Å². The van der Waals surface area contributed by atoms with Crippen molar-refractivity contribution in [2.75, 3.05) is 81.6 Å². The number of ether oxygens (including phenoxy) is 9. The molecule has 0 radical (unpaired) electrons. The number of hydrogen-bond acceptors (Lipinski definition) is 18. The first-order chi connectivity index (χ1) is 65.8. The molecule has 0 spiro atoms. The molecule has 3 saturated heterocycles. The number of fused-ring (bicyclic) bond motifs is 9. The normalized spacial score (nSPS) is 49.5. The van der Waals surface area contributed by atoms with E-state index in [0.717, 1.165) is 47.7 Å². The molecule has 0 aromatic heterocycles. The Morgan fingerprint density at radius 1 is 0.511 bits per heavy atom. The number of methoxy groups -OCH3 is 6. The van der Waals surface area contributed by atoms with E-state index in [9.17, 15) is 40.4 Å². The van der Waals surface area contributed by atoms with Crippen molar-refractivity contribution in [2.24, 2.45) is 70.3 Å². The number of carbonyl (C=O) groups excluding carboxylic acids is 3. The van der Waals surface area contributed by atoms with E-state index >= 15 is 0 Å². The molecule has 6 aliphatic rings. The van der Waals surface area contributed by atoms with E-state index in [1.54, 1.807) is 0 Å². The first-order valence-electron chi connectivity index (χ1n) is 57.2. The highest BCUT2D eigenvalue weighted by Crippen LogP contribution is 2.48. The van der Waals surface area contributed by atoms with Crippen molar-refractivity contribution in [3.8, 4) is 34.5 Å². The maximum atomic E-state index is 13.8. The van der Waals surface area contributed by atoms with Crippen LogP contribution in [0.4, 0.5) is 0 Å². The molecule has 504 valence electrons. The van der Waals surface area contributed by atoms with Crippen molar-refractivity contribution in [1.82, 2.24) is 14.7 Å². The SMILES string of the molecule is [2H]C([2H])([2H])C([2H])(C([2H])([2H])[2H])[C@]([2H])(N)C(=O)OC1([2H])C([2H])([2H])C2([2H])c3cc(OC)c(OC)cc3C([2H])([2H])C([2H])([2H])N2C([2H])([2H])C1([2H])CC(C)C.[2H]C([2H])([2H])Oc1cc2c(cc1OC)C1([2H])N(C([2H])([2H])C2([2H])[2H])C([2H])([2H])C([2H])(CC(C)C)C([2H])(OC(=O)[C@@]([2H])(N)C([2H])(C([2H])([2H])[2H])C([2H])([2H])[2H])C1([2H])[2H].[2H]c1c(OC)c(OC)c([2H])c2c1C1N(C([2H])([2H])C2([2H])[2H])C([2H])([2H])C([2H])(CC(C)C)C(OC(=O)[C@@]([2H])(N)C([2H])(C([2H])([2H])[2H])C([2H])([2H])[2H])C1([2H])[2H]. The fourth-order valence-electron chi connectivity index (χ4n) is 8.84. The molecule has 18 heteroatoms. The summed E-state index contributed by atoms with van der Waals surface area (Å²) in [6, 6.07) is -21.4. The molecule has 3 aromatic carbocycles. The summed E-state index contributed by atoms with van der Waals surface area (Å²) in [5, 5.41) is 0. The highest BCUT2D eigenvalue weighted by atomic mass is 16.6. The van der Waals surface area contributed by atoms with Crippen molar-refractivity contribution >= 4 is 17.9 Å². The molecule has 6 heterocycles. The summed E-state index contributed by atoms with van der Waals surface area (Å²) in [6.07, 6.45) is -36.0. The van der Waals surface area contributed by atoms with Gasteiger partial charge >= 0.3 is 17.9 Å². The second-order valence-electron chi connectivity index (χ2n) is 21.0. The highest BCUT2D eigenvalue weighted by Gasteiger charge is 2.45. The summed E-state index contributed by atoms with van der Waals surface area (Å²) < 4.78 is 558. The minimum Gasteiger partial charge on any atom is -0.493 e. The van der Waals surface area contributed by atoms with E-state index in [0.29, 0.717) is 12.1 Å². The third kappa shape index (κ3) is 17.5. The molecule has 0 amide bonds. The number of hydrogen-bond donors (Lipinski definition) is 3. The molecule has 90 heavy (non-hydrogen) atoms. The van der Waals surface area contributed by atoms with Gasteiger partial charge in [0.15, 0.2) is 34.5 Å². The fraction of sp³-hybridized carbons (Fsp3) is 0.708. The van der Waals surface area contributed by atoms with E-state index in [2.05, 4.69) is 0 Å². The van der Waals surface area contributed by atoms with Gasteiger partial charge in [0.25, 0.3) is 0 Å². The Kier molecular flexibility index (Phi) is 9.41.